The first-order valence-electron chi connectivity index (χ1n) is 6.78. The van der Waals surface area contributed by atoms with Gasteiger partial charge in [-0.2, -0.15) is 0 Å². The van der Waals surface area contributed by atoms with Crippen LogP contribution in [0.4, 0.5) is 0 Å². The van der Waals surface area contributed by atoms with E-state index in [9.17, 15) is 9.59 Å². The number of carbonyl (C=O) groups excluding carboxylic acids is 2. The predicted molar refractivity (Wildman–Crippen MR) is 73.3 cm³/mol. The van der Waals surface area contributed by atoms with Crippen molar-refractivity contribution in [1.29, 1.82) is 0 Å². The lowest BCUT2D eigenvalue weighted by Crippen LogP contribution is -2.31. The Morgan fingerprint density at radius 2 is 1.56 bits per heavy atom. The van der Waals surface area contributed by atoms with E-state index in [1.165, 1.54) is 0 Å². The highest BCUT2D eigenvalue weighted by molar-refractivity contribution is 5.85. The van der Waals surface area contributed by atoms with E-state index in [2.05, 4.69) is 13.8 Å². The first-order valence-corrected chi connectivity index (χ1v) is 6.78. The molecule has 1 atom stereocenters. The third-order valence-electron chi connectivity index (χ3n) is 2.59. The van der Waals surface area contributed by atoms with Crippen LogP contribution >= 0.6 is 0 Å². The quantitative estimate of drug-likeness (QED) is 0.682. The average molecular weight is 256 g/mol. The van der Waals surface area contributed by atoms with Gasteiger partial charge in [0, 0.05) is 12.3 Å². The minimum Gasteiger partial charge on any atom is -0.460 e. The van der Waals surface area contributed by atoms with E-state index < -0.39 is 5.60 Å². The van der Waals surface area contributed by atoms with Crippen molar-refractivity contribution in [2.75, 3.05) is 0 Å². The van der Waals surface area contributed by atoms with Crippen molar-refractivity contribution < 1.29 is 14.3 Å². The number of ether oxygens (including phenoxy) is 1. The summed E-state index contributed by atoms with van der Waals surface area (Å²) in [6, 6.07) is 0. The minimum atomic E-state index is -0.493. The van der Waals surface area contributed by atoms with Crippen LogP contribution in [0.5, 0.6) is 0 Å². The van der Waals surface area contributed by atoms with E-state index in [1.54, 1.807) is 0 Å². The molecule has 0 aliphatic carbocycles. The standard InChI is InChI=1S/C15H28O3/c1-10(2)8-12(9-13(16)11(3)4)14(17)18-15(5,6)7/h10-12H,8-9H2,1-7H3/t12-/m1/s1. The van der Waals surface area contributed by atoms with E-state index in [1.807, 2.05) is 34.6 Å². The second-order valence-corrected chi connectivity index (χ2v) is 6.69. The molecule has 0 saturated carbocycles. The van der Waals surface area contributed by atoms with Crippen molar-refractivity contribution in [2.45, 2.75) is 66.9 Å². The maximum Gasteiger partial charge on any atom is 0.309 e. The maximum absolute atomic E-state index is 12.1. The molecule has 0 saturated heterocycles. The summed E-state index contributed by atoms with van der Waals surface area (Å²) in [5.41, 5.74) is -0.493. The smallest absolute Gasteiger partial charge is 0.309 e. The van der Waals surface area contributed by atoms with Gasteiger partial charge in [0.25, 0.3) is 0 Å². The molecule has 0 aromatic carbocycles. The molecule has 0 aromatic heterocycles. The van der Waals surface area contributed by atoms with Gasteiger partial charge in [-0.25, -0.2) is 0 Å². The Balaban J connectivity index is 4.67. The molecule has 3 nitrogen and oxygen atoms in total. The van der Waals surface area contributed by atoms with Gasteiger partial charge in [-0.15, -0.1) is 0 Å². The first-order chi connectivity index (χ1) is 8.03. The van der Waals surface area contributed by atoms with Crippen molar-refractivity contribution >= 4 is 11.8 Å². The molecule has 0 spiro atoms. The molecule has 0 N–H and O–H groups in total. The number of hydrogen-bond acceptors (Lipinski definition) is 3. The van der Waals surface area contributed by atoms with Crippen LogP contribution in [0, 0.1) is 17.8 Å². The summed E-state index contributed by atoms with van der Waals surface area (Å²) in [5.74, 6) is -0.0691. The molecule has 0 aliphatic rings. The van der Waals surface area contributed by atoms with Gasteiger partial charge in [-0.3, -0.25) is 9.59 Å². The second-order valence-electron chi connectivity index (χ2n) is 6.69. The molecule has 3 heteroatoms. The highest BCUT2D eigenvalue weighted by Gasteiger charge is 2.28. The molecule has 0 aliphatic heterocycles. The lowest BCUT2D eigenvalue weighted by molar-refractivity contribution is -0.162. The van der Waals surface area contributed by atoms with Gasteiger partial charge in [0.05, 0.1) is 5.92 Å². The van der Waals surface area contributed by atoms with E-state index in [-0.39, 0.29) is 23.6 Å². The highest BCUT2D eigenvalue weighted by Crippen LogP contribution is 2.22. The third-order valence-corrected chi connectivity index (χ3v) is 2.59. The molecular formula is C15H28O3. The molecule has 0 rings (SSSR count). The van der Waals surface area contributed by atoms with Gasteiger partial charge in [-0.1, -0.05) is 27.7 Å². The number of esters is 1. The van der Waals surface area contributed by atoms with Gasteiger partial charge in [0.15, 0.2) is 0 Å². The van der Waals surface area contributed by atoms with Crippen LogP contribution in [0.2, 0.25) is 0 Å². The molecule has 106 valence electrons. The van der Waals surface area contributed by atoms with Crippen LogP contribution in [-0.4, -0.2) is 17.4 Å². The van der Waals surface area contributed by atoms with E-state index in [0.717, 1.165) is 0 Å². The highest BCUT2D eigenvalue weighted by atomic mass is 16.6. The molecule has 0 heterocycles. The van der Waals surface area contributed by atoms with Crippen LogP contribution in [0.25, 0.3) is 0 Å². The Hall–Kier alpha value is -0.860. The van der Waals surface area contributed by atoms with Crippen LogP contribution < -0.4 is 0 Å². The lowest BCUT2D eigenvalue weighted by Gasteiger charge is -2.25. The van der Waals surface area contributed by atoms with Crippen LogP contribution in [-0.2, 0) is 14.3 Å². The van der Waals surface area contributed by atoms with Crippen LogP contribution in [0.15, 0.2) is 0 Å². The number of hydrogen-bond donors (Lipinski definition) is 0. The Morgan fingerprint density at radius 3 is 1.89 bits per heavy atom. The van der Waals surface area contributed by atoms with Gasteiger partial charge in [-0.05, 0) is 33.1 Å². The molecule has 0 unspecified atom stereocenters. The molecule has 0 radical (unpaired) electrons. The lowest BCUT2D eigenvalue weighted by atomic mass is 9.89. The van der Waals surface area contributed by atoms with Gasteiger partial charge in [0.2, 0.25) is 0 Å². The normalized spacial score (nSPS) is 13.8. The SMILES string of the molecule is CC(C)C[C@H](CC(=O)C(C)C)C(=O)OC(C)(C)C. The number of Topliss-reactive ketones (excluding diaryl/α,β-unsaturated/α-hetero) is 1. The monoisotopic (exact) mass is 256 g/mol. The minimum absolute atomic E-state index is 0.0258. The Labute approximate surface area is 111 Å². The largest absolute Gasteiger partial charge is 0.460 e. The Kier molecular flexibility index (Phi) is 6.58. The fourth-order valence-corrected chi connectivity index (χ4v) is 1.70. The summed E-state index contributed by atoms with van der Waals surface area (Å²) in [6.07, 6.45) is 0.998. The zero-order valence-corrected chi connectivity index (χ0v) is 12.9. The van der Waals surface area contributed by atoms with E-state index >= 15 is 0 Å². The zero-order valence-electron chi connectivity index (χ0n) is 12.9. The summed E-state index contributed by atoms with van der Waals surface area (Å²) in [5, 5.41) is 0. The Morgan fingerprint density at radius 1 is 1.06 bits per heavy atom. The Bertz CT molecular complexity index is 285. The fraction of sp³-hybridized carbons (Fsp3) is 0.867. The molecular weight excluding hydrogens is 228 g/mol. The molecule has 0 aromatic rings. The van der Waals surface area contributed by atoms with Crippen molar-refractivity contribution in [3.63, 3.8) is 0 Å². The first kappa shape index (κ1) is 17.1. The van der Waals surface area contributed by atoms with Crippen molar-refractivity contribution in [1.82, 2.24) is 0 Å². The second kappa shape index (κ2) is 6.91. The number of carbonyl (C=O) groups is 2. The van der Waals surface area contributed by atoms with Crippen molar-refractivity contribution in [3.05, 3.63) is 0 Å². The molecule has 18 heavy (non-hydrogen) atoms. The molecule has 0 fully saturated rings. The number of ketones is 1. The topological polar surface area (TPSA) is 43.4 Å². The fourth-order valence-electron chi connectivity index (χ4n) is 1.70. The van der Waals surface area contributed by atoms with Crippen LogP contribution in [0.1, 0.15) is 61.3 Å². The summed E-state index contributed by atoms with van der Waals surface area (Å²) in [7, 11) is 0. The van der Waals surface area contributed by atoms with Gasteiger partial charge < -0.3 is 4.74 Å². The van der Waals surface area contributed by atoms with Crippen molar-refractivity contribution in [3.8, 4) is 0 Å². The van der Waals surface area contributed by atoms with E-state index in [0.29, 0.717) is 18.8 Å². The summed E-state index contributed by atoms with van der Waals surface area (Å²) < 4.78 is 5.39. The summed E-state index contributed by atoms with van der Waals surface area (Å²) >= 11 is 0. The van der Waals surface area contributed by atoms with Crippen molar-refractivity contribution in [2.24, 2.45) is 17.8 Å². The number of rotatable bonds is 6. The molecule has 0 amide bonds. The van der Waals surface area contributed by atoms with Gasteiger partial charge >= 0.3 is 5.97 Å². The maximum atomic E-state index is 12.1. The van der Waals surface area contributed by atoms with Crippen LogP contribution in [0.3, 0.4) is 0 Å². The molecule has 0 bridgehead atoms. The summed E-state index contributed by atoms with van der Waals surface area (Å²) in [4.78, 5) is 23.9. The average Bonchev–Trinajstić information content (AvgIpc) is 2.12. The third kappa shape index (κ3) is 7.46. The summed E-state index contributed by atoms with van der Waals surface area (Å²) in [6.45, 7) is 13.4. The van der Waals surface area contributed by atoms with Gasteiger partial charge in [0.1, 0.15) is 11.4 Å². The zero-order chi connectivity index (χ0) is 14.5. The predicted octanol–water partition coefficient (Wildman–Crippen LogP) is 3.61. The van der Waals surface area contributed by atoms with E-state index in [4.69, 9.17) is 4.74 Å².